The zero-order valence-electron chi connectivity index (χ0n) is 15.0. The summed E-state index contributed by atoms with van der Waals surface area (Å²) >= 11 is 0. The molecule has 0 spiro atoms. The van der Waals surface area contributed by atoms with E-state index in [-0.39, 0.29) is 24.0 Å². The first-order valence-electron chi connectivity index (χ1n) is 8.36. The van der Waals surface area contributed by atoms with Crippen LogP contribution in [0.2, 0.25) is 0 Å². The van der Waals surface area contributed by atoms with Crippen molar-refractivity contribution in [2.75, 3.05) is 43.4 Å². The maximum Gasteiger partial charge on any atom is 0.225 e. The molecule has 1 aliphatic rings. The van der Waals surface area contributed by atoms with Gasteiger partial charge < -0.3 is 10.2 Å². The number of benzene rings is 1. The fourth-order valence-corrected chi connectivity index (χ4v) is 3.90. The lowest BCUT2D eigenvalue weighted by molar-refractivity contribution is -0.128. The highest BCUT2D eigenvalue weighted by Crippen LogP contribution is 2.18. The van der Waals surface area contributed by atoms with Crippen molar-refractivity contribution in [1.29, 1.82) is 0 Å². The summed E-state index contributed by atoms with van der Waals surface area (Å²) in [5.41, 5.74) is 0.348. The third-order valence-electron chi connectivity index (χ3n) is 4.15. The SMILES string of the molecule is CC(C)(C)C(=O)NCCS(=O)(=O)N1CCN(c2ccc(F)cc2)CC1. The number of hydrogen-bond donors (Lipinski definition) is 1. The Labute approximate surface area is 149 Å². The minimum Gasteiger partial charge on any atom is -0.369 e. The van der Waals surface area contributed by atoms with Crippen LogP contribution < -0.4 is 10.2 Å². The topological polar surface area (TPSA) is 69.7 Å². The van der Waals surface area contributed by atoms with Gasteiger partial charge in [0.25, 0.3) is 0 Å². The van der Waals surface area contributed by atoms with E-state index >= 15 is 0 Å². The van der Waals surface area contributed by atoms with Crippen molar-refractivity contribution in [3.8, 4) is 0 Å². The molecule has 0 radical (unpaired) electrons. The highest BCUT2D eigenvalue weighted by molar-refractivity contribution is 7.89. The van der Waals surface area contributed by atoms with E-state index in [4.69, 9.17) is 0 Å². The van der Waals surface area contributed by atoms with E-state index in [0.717, 1.165) is 5.69 Å². The van der Waals surface area contributed by atoms with Crippen molar-refractivity contribution in [2.24, 2.45) is 5.41 Å². The molecule has 0 unspecified atom stereocenters. The van der Waals surface area contributed by atoms with Crippen LogP contribution in [0.3, 0.4) is 0 Å². The van der Waals surface area contributed by atoms with Crippen molar-refractivity contribution >= 4 is 21.6 Å². The van der Waals surface area contributed by atoms with Crippen LogP contribution in [0.4, 0.5) is 10.1 Å². The minimum atomic E-state index is -3.40. The first-order valence-corrected chi connectivity index (χ1v) is 9.97. The molecule has 1 heterocycles. The molecule has 25 heavy (non-hydrogen) atoms. The molecule has 0 saturated carbocycles. The van der Waals surface area contributed by atoms with Crippen molar-refractivity contribution in [3.63, 3.8) is 0 Å². The van der Waals surface area contributed by atoms with E-state index in [1.54, 1.807) is 32.9 Å². The predicted octanol–water partition coefficient (Wildman–Crippen LogP) is 1.44. The Morgan fingerprint density at radius 3 is 2.20 bits per heavy atom. The Bertz CT molecular complexity index is 691. The van der Waals surface area contributed by atoms with Gasteiger partial charge in [-0.2, -0.15) is 4.31 Å². The number of anilines is 1. The summed E-state index contributed by atoms with van der Waals surface area (Å²) in [7, 11) is -3.40. The number of nitrogens with one attached hydrogen (secondary N) is 1. The lowest BCUT2D eigenvalue weighted by Crippen LogP contribution is -2.50. The molecule has 1 fully saturated rings. The number of carbonyl (C=O) groups excluding carboxylic acids is 1. The third kappa shape index (κ3) is 5.40. The Morgan fingerprint density at radius 1 is 1.12 bits per heavy atom. The number of nitrogens with zero attached hydrogens (tertiary/aromatic N) is 2. The van der Waals surface area contributed by atoms with Crippen molar-refractivity contribution in [2.45, 2.75) is 20.8 Å². The second kappa shape index (κ2) is 7.70. The smallest absolute Gasteiger partial charge is 0.225 e. The highest BCUT2D eigenvalue weighted by Gasteiger charge is 2.27. The second-order valence-corrected chi connectivity index (χ2v) is 9.27. The third-order valence-corrected chi connectivity index (χ3v) is 6.02. The zero-order valence-corrected chi connectivity index (χ0v) is 15.8. The molecule has 0 aromatic heterocycles. The number of halogens is 1. The largest absolute Gasteiger partial charge is 0.369 e. The number of sulfonamides is 1. The zero-order chi connectivity index (χ0) is 18.7. The molecule has 2 rings (SSSR count). The van der Waals surface area contributed by atoms with Gasteiger partial charge in [-0.05, 0) is 24.3 Å². The van der Waals surface area contributed by atoms with E-state index in [9.17, 15) is 17.6 Å². The lowest BCUT2D eigenvalue weighted by atomic mass is 9.96. The van der Waals surface area contributed by atoms with Crippen LogP contribution in [0, 0.1) is 11.2 Å². The number of piperazine rings is 1. The van der Waals surface area contributed by atoms with E-state index < -0.39 is 15.4 Å². The molecular formula is C17H26FN3O3S. The first-order chi connectivity index (χ1) is 11.6. The number of carbonyl (C=O) groups is 1. The molecule has 0 bridgehead atoms. The molecule has 1 N–H and O–H groups in total. The maximum atomic E-state index is 13.0. The monoisotopic (exact) mass is 371 g/mol. The van der Waals surface area contributed by atoms with Crippen LogP contribution in [0.25, 0.3) is 0 Å². The van der Waals surface area contributed by atoms with Gasteiger partial charge in [-0.3, -0.25) is 4.79 Å². The molecule has 1 aliphatic heterocycles. The Morgan fingerprint density at radius 2 is 1.68 bits per heavy atom. The fraction of sp³-hybridized carbons (Fsp3) is 0.588. The van der Waals surface area contributed by atoms with Gasteiger partial charge in [-0.25, -0.2) is 12.8 Å². The van der Waals surface area contributed by atoms with Crippen molar-refractivity contribution in [3.05, 3.63) is 30.1 Å². The summed E-state index contributed by atoms with van der Waals surface area (Å²) in [6.45, 7) is 7.33. The van der Waals surface area contributed by atoms with Crippen LogP contribution in [0.15, 0.2) is 24.3 Å². The molecule has 6 nitrogen and oxygen atoms in total. The van der Waals surface area contributed by atoms with E-state index in [1.165, 1.54) is 16.4 Å². The lowest BCUT2D eigenvalue weighted by Gasteiger charge is -2.35. The molecule has 1 amide bonds. The van der Waals surface area contributed by atoms with Crippen molar-refractivity contribution < 1.29 is 17.6 Å². The fourth-order valence-electron chi connectivity index (χ4n) is 2.56. The highest BCUT2D eigenvalue weighted by atomic mass is 32.2. The van der Waals surface area contributed by atoms with Gasteiger partial charge in [0.05, 0.1) is 5.75 Å². The molecule has 1 aromatic carbocycles. The number of hydrogen-bond acceptors (Lipinski definition) is 4. The average Bonchev–Trinajstić information content (AvgIpc) is 2.54. The predicted molar refractivity (Wildman–Crippen MR) is 96.4 cm³/mol. The Kier molecular flexibility index (Phi) is 6.05. The molecular weight excluding hydrogens is 345 g/mol. The molecule has 1 aromatic rings. The van der Waals surface area contributed by atoms with Crippen LogP contribution >= 0.6 is 0 Å². The van der Waals surface area contributed by atoms with E-state index in [0.29, 0.717) is 26.2 Å². The van der Waals surface area contributed by atoms with Gasteiger partial charge in [0, 0.05) is 43.8 Å². The Hall–Kier alpha value is -1.67. The first kappa shape index (κ1) is 19.7. The summed E-state index contributed by atoms with van der Waals surface area (Å²) in [6.07, 6.45) is 0. The Balaban J connectivity index is 1.84. The van der Waals surface area contributed by atoms with Crippen molar-refractivity contribution in [1.82, 2.24) is 9.62 Å². The maximum absolute atomic E-state index is 13.0. The molecule has 140 valence electrons. The molecule has 1 saturated heterocycles. The van der Waals surface area contributed by atoms with Gasteiger partial charge in [-0.15, -0.1) is 0 Å². The molecule has 0 aliphatic carbocycles. The standard InChI is InChI=1S/C17H26FN3O3S/c1-17(2,3)16(22)19-8-13-25(23,24)21-11-9-20(10-12-21)15-6-4-14(18)5-7-15/h4-7H,8-13H2,1-3H3,(H,19,22). The van der Waals surface area contributed by atoms with E-state index in [2.05, 4.69) is 5.32 Å². The molecule has 8 heteroatoms. The normalized spacial score (nSPS) is 16.7. The minimum absolute atomic E-state index is 0.106. The second-order valence-electron chi connectivity index (χ2n) is 7.18. The summed E-state index contributed by atoms with van der Waals surface area (Å²) < 4.78 is 39.3. The van der Waals surface area contributed by atoms with Crippen LogP contribution in [0.1, 0.15) is 20.8 Å². The summed E-state index contributed by atoms with van der Waals surface area (Å²) in [5, 5.41) is 2.67. The summed E-state index contributed by atoms with van der Waals surface area (Å²) in [4.78, 5) is 13.8. The summed E-state index contributed by atoms with van der Waals surface area (Å²) in [5.74, 6) is -0.558. The van der Waals surface area contributed by atoms with Crippen LogP contribution in [-0.2, 0) is 14.8 Å². The molecule has 0 atom stereocenters. The number of amides is 1. The van der Waals surface area contributed by atoms with Gasteiger partial charge in [0.1, 0.15) is 5.82 Å². The average molecular weight is 371 g/mol. The van der Waals surface area contributed by atoms with E-state index in [1.807, 2.05) is 4.90 Å². The summed E-state index contributed by atoms with van der Waals surface area (Å²) in [6, 6.07) is 6.19. The number of rotatable bonds is 5. The van der Waals surface area contributed by atoms with Crippen LogP contribution in [0.5, 0.6) is 0 Å². The van der Waals surface area contributed by atoms with Crippen LogP contribution in [-0.4, -0.2) is 57.1 Å². The van der Waals surface area contributed by atoms with Gasteiger partial charge >= 0.3 is 0 Å². The van der Waals surface area contributed by atoms with Gasteiger partial charge in [-0.1, -0.05) is 20.8 Å². The quantitative estimate of drug-likeness (QED) is 0.850. The van der Waals surface area contributed by atoms with Gasteiger partial charge in [0.15, 0.2) is 0 Å². The van der Waals surface area contributed by atoms with Gasteiger partial charge in [0.2, 0.25) is 15.9 Å².